The minimum atomic E-state index is -0.230. The average Bonchev–Trinajstić information content (AvgIpc) is 3.08. The van der Waals surface area contributed by atoms with Crippen molar-refractivity contribution in [3.63, 3.8) is 0 Å². The molecule has 1 saturated carbocycles. The third kappa shape index (κ3) is 3.56. The largest absolute Gasteiger partial charge is 0.359 e. The number of hydrogen-bond donors (Lipinski definition) is 1. The van der Waals surface area contributed by atoms with Gasteiger partial charge >= 0.3 is 0 Å². The Hall–Kier alpha value is -2.40. The molecule has 27 heavy (non-hydrogen) atoms. The molecular formula is C22H27N3O2. The molecule has 0 heterocycles. The predicted octanol–water partition coefficient (Wildman–Crippen LogP) is 4.15. The van der Waals surface area contributed by atoms with Crippen molar-refractivity contribution in [3.8, 4) is 0 Å². The second-order valence-electron chi connectivity index (χ2n) is 8.06. The molecule has 0 atom stereocenters. The third-order valence-electron chi connectivity index (χ3n) is 6.16. The Balaban J connectivity index is 1.73. The van der Waals surface area contributed by atoms with Crippen LogP contribution in [0.1, 0.15) is 42.4 Å². The van der Waals surface area contributed by atoms with Crippen molar-refractivity contribution in [3.05, 3.63) is 69.3 Å². The fourth-order valence-corrected chi connectivity index (χ4v) is 4.80. The first kappa shape index (κ1) is 18.0. The molecule has 2 aromatic carbocycles. The van der Waals surface area contributed by atoms with Crippen LogP contribution in [0.2, 0.25) is 0 Å². The second kappa shape index (κ2) is 7.31. The number of aryl methyl sites for hydroxylation is 1. The van der Waals surface area contributed by atoms with Crippen LogP contribution in [0.25, 0.3) is 0 Å². The molecular weight excluding hydrogens is 338 g/mol. The van der Waals surface area contributed by atoms with E-state index in [2.05, 4.69) is 29.2 Å². The van der Waals surface area contributed by atoms with Crippen LogP contribution < -0.4 is 10.6 Å². The smallest absolute Gasteiger partial charge is 0.292 e. The van der Waals surface area contributed by atoms with Gasteiger partial charge in [-0.05, 0) is 68.2 Å². The molecule has 2 aliphatic carbocycles. The lowest BCUT2D eigenvalue weighted by molar-refractivity contribution is -0.384. The zero-order chi connectivity index (χ0) is 19.0. The molecule has 0 saturated heterocycles. The molecule has 5 heteroatoms. The molecule has 1 fully saturated rings. The van der Waals surface area contributed by atoms with E-state index in [1.807, 2.05) is 19.1 Å². The lowest BCUT2D eigenvalue weighted by Gasteiger charge is -2.41. The summed E-state index contributed by atoms with van der Waals surface area (Å²) in [5.41, 5.74) is 10.8. The Labute approximate surface area is 160 Å². The number of anilines is 1. The zero-order valence-corrected chi connectivity index (χ0v) is 15.8. The summed E-state index contributed by atoms with van der Waals surface area (Å²) in [6, 6.07) is 15.0. The van der Waals surface area contributed by atoms with Gasteiger partial charge in [0, 0.05) is 24.2 Å². The summed E-state index contributed by atoms with van der Waals surface area (Å²) in [4.78, 5) is 13.9. The Bertz CT molecular complexity index is 818. The molecule has 0 aromatic heterocycles. The highest BCUT2D eigenvalue weighted by Crippen LogP contribution is 2.39. The van der Waals surface area contributed by atoms with Crippen molar-refractivity contribution in [2.75, 3.05) is 4.90 Å². The maximum absolute atomic E-state index is 11.8. The summed E-state index contributed by atoms with van der Waals surface area (Å²) in [6.45, 7) is 1.91. The minimum absolute atomic E-state index is 0.223. The number of benzene rings is 2. The van der Waals surface area contributed by atoms with Crippen molar-refractivity contribution in [1.82, 2.24) is 0 Å². The Morgan fingerprint density at radius 3 is 2.22 bits per heavy atom. The van der Waals surface area contributed by atoms with Gasteiger partial charge in [0.15, 0.2) is 0 Å². The number of rotatable bonds is 4. The van der Waals surface area contributed by atoms with Gasteiger partial charge in [0.05, 0.1) is 4.92 Å². The van der Waals surface area contributed by atoms with E-state index in [9.17, 15) is 10.1 Å². The molecule has 5 nitrogen and oxygen atoms in total. The van der Waals surface area contributed by atoms with Crippen LogP contribution in [0, 0.1) is 17.0 Å². The molecule has 2 N–H and O–H groups in total. The van der Waals surface area contributed by atoms with Crippen molar-refractivity contribution < 1.29 is 4.92 Å². The molecule has 0 radical (unpaired) electrons. The number of fused-ring (bicyclic) bond motifs is 1. The minimum Gasteiger partial charge on any atom is -0.359 e. The summed E-state index contributed by atoms with van der Waals surface area (Å²) in [5.74, 6) is 0. The molecule has 0 spiro atoms. The van der Waals surface area contributed by atoms with Gasteiger partial charge in [-0.1, -0.05) is 30.3 Å². The van der Waals surface area contributed by atoms with Gasteiger partial charge in [0.2, 0.25) is 0 Å². The Morgan fingerprint density at radius 1 is 1.00 bits per heavy atom. The van der Waals surface area contributed by atoms with Crippen molar-refractivity contribution in [2.45, 2.75) is 63.6 Å². The van der Waals surface area contributed by atoms with E-state index in [0.717, 1.165) is 49.8 Å². The number of nitro benzene ring substituents is 1. The maximum Gasteiger partial charge on any atom is 0.292 e. The molecule has 2 aromatic rings. The standard InChI is InChI=1S/C22H27N3O2/c1-15-6-11-21(22(12-15)25(26)27)24(19-9-7-18(23)8-10-19)20-13-16-4-2-3-5-17(16)14-20/h2-6,11-12,18-20H,7-10,13-14,23H2,1H3. The van der Waals surface area contributed by atoms with Crippen LogP contribution >= 0.6 is 0 Å². The fourth-order valence-electron chi connectivity index (χ4n) is 4.80. The zero-order valence-electron chi connectivity index (χ0n) is 15.8. The van der Waals surface area contributed by atoms with Crippen molar-refractivity contribution >= 4 is 11.4 Å². The van der Waals surface area contributed by atoms with Crippen LogP contribution in [0.3, 0.4) is 0 Å². The summed E-state index contributed by atoms with van der Waals surface area (Å²) in [5, 5.41) is 11.8. The first-order valence-electron chi connectivity index (χ1n) is 9.88. The van der Waals surface area contributed by atoms with Gasteiger partial charge in [-0.2, -0.15) is 0 Å². The Kier molecular flexibility index (Phi) is 4.87. The van der Waals surface area contributed by atoms with E-state index in [0.29, 0.717) is 6.04 Å². The first-order valence-corrected chi connectivity index (χ1v) is 9.88. The van der Waals surface area contributed by atoms with Gasteiger partial charge in [-0.3, -0.25) is 10.1 Å². The average molecular weight is 365 g/mol. The van der Waals surface area contributed by atoms with Crippen LogP contribution in [0.5, 0.6) is 0 Å². The number of nitrogens with two attached hydrogens (primary N) is 1. The van der Waals surface area contributed by atoms with E-state index >= 15 is 0 Å². The van der Waals surface area contributed by atoms with Gasteiger partial charge < -0.3 is 10.6 Å². The summed E-state index contributed by atoms with van der Waals surface area (Å²) in [7, 11) is 0. The lowest BCUT2D eigenvalue weighted by Crippen LogP contribution is -2.47. The van der Waals surface area contributed by atoms with Crippen molar-refractivity contribution in [1.29, 1.82) is 0 Å². The number of hydrogen-bond acceptors (Lipinski definition) is 4. The topological polar surface area (TPSA) is 72.4 Å². The molecule has 142 valence electrons. The maximum atomic E-state index is 11.8. The summed E-state index contributed by atoms with van der Waals surface area (Å²) in [6.07, 6.45) is 5.87. The monoisotopic (exact) mass is 365 g/mol. The first-order chi connectivity index (χ1) is 13.0. The Morgan fingerprint density at radius 2 is 1.63 bits per heavy atom. The van der Waals surface area contributed by atoms with E-state index in [1.165, 1.54) is 11.1 Å². The molecule has 2 aliphatic rings. The fraction of sp³-hybridized carbons (Fsp3) is 0.455. The van der Waals surface area contributed by atoms with Gasteiger partial charge in [0.25, 0.3) is 5.69 Å². The van der Waals surface area contributed by atoms with Gasteiger partial charge in [-0.15, -0.1) is 0 Å². The van der Waals surface area contributed by atoms with Crippen molar-refractivity contribution in [2.24, 2.45) is 5.73 Å². The van der Waals surface area contributed by atoms with E-state index in [-0.39, 0.29) is 22.7 Å². The molecule has 0 unspecified atom stereocenters. The quantitative estimate of drug-likeness (QED) is 0.653. The normalized spacial score (nSPS) is 22.4. The van der Waals surface area contributed by atoms with Gasteiger partial charge in [0.1, 0.15) is 5.69 Å². The van der Waals surface area contributed by atoms with Gasteiger partial charge in [-0.25, -0.2) is 0 Å². The van der Waals surface area contributed by atoms with Crippen LogP contribution in [0.15, 0.2) is 42.5 Å². The van der Waals surface area contributed by atoms with Crippen LogP contribution in [-0.4, -0.2) is 23.0 Å². The summed E-state index contributed by atoms with van der Waals surface area (Å²) < 4.78 is 0. The second-order valence-corrected chi connectivity index (χ2v) is 8.06. The molecule has 0 aliphatic heterocycles. The van der Waals surface area contributed by atoms with Crippen LogP contribution in [-0.2, 0) is 12.8 Å². The number of nitrogens with zero attached hydrogens (tertiary/aromatic N) is 2. The van der Waals surface area contributed by atoms with E-state index in [1.54, 1.807) is 6.07 Å². The SMILES string of the molecule is Cc1ccc(N(C2CCC(N)CC2)C2Cc3ccccc3C2)c([N+](=O)[O-])c1. The highest BCUT2D eigenvalue weighted by atomic mass is 16.6. The highest BCUT2D eigenvalue weighted by Gasteiger charge is 2.36. The number of nitro groups is 1. The predicted molar refractivity (Wildman–Crippen MR) is 108 cm³/mol. The molecule has 0 amide bonds. The molecule has 0 bridgehead atoms. The highest BCUT2D eigenvalue weighted by molar-refractivity contribution is 5.66. The summed E-state index contributed by atoms with van der Waals surface area (Å²) >= 11 is 0. The molecule has 4 rings (SSSR count). The van der Waals surface area contributed by atoms with Crippen LogP contribution in [0.4, 0.5) is 11.4 Å². The van der Waals surface area contributed by atoms with E-state index < -0.39 is 0 Å². The lowest BCUT2D eigenvalue weighted by atomic mass is 9.89. The third-order valence-corrected chi connectivity index (χ3v) is 6.16. The van der Waals surface area contributed by atoms with E-state index in [4.69, 9.17) is 5.73 Å².